The number of hydrogen-bond acceptors (Lipinski definition) is 2. The van der Waals surface area contributed by atoms with Crippen LogP contribution in [0.3, 0.4) is 0 Å². The normalized spacial score (nSPS) is 28.2. The summed E-state index contributed by atoms with van der Waals surface area (Å²) in [5, 5.41) is 0. The average molecular weight is 259 g/mol. The summed E-state index contributed by atoms with van der Waals surface area (Å²) in [6.07, 6.45) is 6.86. The van der Waals surface area contributed by atoms with E-state index in [2.05, 4.69) is 32.0 Å². The minimum absolute atomic E-state index is 0.0546. The summed E-state index contributed by atoms with van der Waals surface area (Å²) in [5.41, 5.74) is 9.84. The fourth-order valence-electron chi connectivity index (χ4n) is 3.72. The van der Waals surface area contributed by atoms with Crippen molar-refractivity contribution in [2.24, 2.45) is 11.1 Å². The molecule has 104 valence electrons. The Labute approximate surface area is 116 Å². The summed E-state index contributed by atoms with van der Waals surface area (Å²) in [4.78, 5) is 0. The van der Waals surface area contributed by atoms with Crippen LogP contribution in [-0.2, 0) is 12.8 Å². The fraction of sp³-hybridized carbons (Fsp3) is 0.647. The maximum absolute atomic E-state index is 6.57. The molecule has 2 nitrogen and oxygen atoms in total. The van der Waals surface area contributed by atoms with E-state index >= 15 is 0 Å². The molecule has 1 heterocycles. The van der Waals surface area contributed by atoms with E-state index in [4.69, 9.17) is 10.5 Å². The van der Waals surface area contributed by atoms with E-state index in [0.717, 1.165) is 38.0 Å². The molecule has 0 spiro atoms. The smallest absolute Gasteiger partial charge is 0.122 e. The Morgan fingerprint density at radius 1 is 1.26 bits per heavy atom. The molecule has 1 unspecified atom stereocenters. The third-order valence-corrected chi connectivity index (χ3v) is 4.80. The molecule has 1 aliphatic carbocycles. The van der Waals surface area contributed by atoms with E-state index in [1.165, 1.54) is 24.0 Å². The molecule has 1 aromatic carbocycles. The first-order chi connectivity index (χ1) is 8.96. The van der Waals surface area contributed by atoms with Gasteiger partial charge < -0.3 is 10.5 Å². The highest BCUT2D eigenvalue weighted by Crippen LogP contribution is 2.44. The van der Waals surface area contributed by atoms with Crippen LogP contribution in [0.1, 0.15) is 50.7 Å². The van der Waals surface area contributed by atoms with Gasteiger partial charge in [-0.15, -0.1) is 0 Å². The quantitative estimate of drug-likeness (QED) is 0.902. The molecule has 0 aromatic heterocycles. The first kappa shape index (κ1) is 13.0. The van der Waals surface area contributed by atoms with Gasteiger partial charge in [0.25, 0.3) is 0 Å². The molecule has 1 aliphatic heterocycles. The molecule has 0 radical (unpaired) electrons. The number of aryl methyl sites for hydroxylation is 1. The summed E-state index contributed by atoms with van der Waals surface area (Å²) in [5.74, 6) is 1.08. The molecule has 1 saturated carbocycles. The van der Waals surface area contributed by atoms with E-state index in [9.17, 15) is 0 Å². The van der Waals surface area contributed by atoms with Gasteiger partial charge in [0.1, 0.15) is 5.75 Å². The first-order valence-corrected chi connectivity index (χ1v) is 7.49. The predicted molar refractivity (Wildman–Crippen MR) is 78.5 cm³/mol. The Balaban J connectivity index is 1.64. The van der Waals surface area contributed by atoms with Crippen LogP contribution in [0.5, 0.6) is 5.75 Å². The summed E-state index contributed by atoms with van der Waals surface area (Å²) in [7, 11) is 0. The van der Waals surface area contributed by atoms with Gasteiger partial charge in [0.2, 0.25) is 0 Å². The van der Waals surface area contributed by atoms with Gasteiger partial charge in [-0.25, -0.2) is 0 Å². The lowest BCUT2D eigenvalue weighted by atomic mass is 9.85. The van der Waals surface area contributed by atoms with Gasteiger partial charge in [0.15, 0.2) is 0 Å². The van der Waals surface area contributed by atoms with Crippen molar-refractivity contribution in [3.05, 3.63) is 29.3 Å². The van der Waals surface area contributed by atoms with Gasteiger partial charge in [-0.2, -0.15) is 0 Å². The molecular weight excluding hydrogens is 234 g/mol. The van der Waals surface area contributed by atoms with Crippen LogP contribution in [0.2, 0.25) is 0 Å². The third kappa shape index (κ3) is 2.79. The minimum atomic E-state index is 0.0546. The largest absolute Gasteiger partial charge is 0.493 e. The van der Waals surface area contributed by atoms with Gasteiger partial charge in [-0.05, 0) is 54.7 Å². The van der Waals surface area contributed by atoms with E-state index in [-0.39, 0.29) is 5.54 Å². The maximum atomic E-state index is 6.57. The first-order valence-electron chi connectivity index (χ1n) is 7.49. The highest BCUT2D eigenvalue weighted by molar-refractivity contribution is 5.39. The Morgan fingerprint density at radius 2 is 2.11 bits per heavy atom. The summed E-state index contributed by atoms with van der Waals surface area (Å²) < 4.78 is 5.55. The van der Waals surface area contributed by atoms with Crippen LogP contribution < -0.4 is 10.5 Å². The van der Waals surface area contributed by atoms with Crippen LogP contribution in [-0.4, -0.2) is 12.1 Å². The Morgan fingerprint density at radius 3 is 2.84 bits per heavy atom. The van der Waals surface area contributed by atoms with Crippen molar-refractivity contribution in [2.75, 3.05) is 6.61 Å². The number of rotatable bonds is 3. The Bertz CT molecular complexity index is 480. The number of fused-ring (bicyclic) bond motifs is 1. The molecule has 0 bridgehead atoms. The zero-order valence-corrected chi connectivity index (χ0v) is 12.2. The zero-order valence-electron chi connectivity index (χ0n) is 12.2. The third-order valence-electron chi connectivity index (χ3n) is 4.80. The second-order valence-electron chi connectivity index (χ2n) is 7.24. The lowest BCUT2D eigenvalue weighted by Gasteiger charge is -2.26. The number of hydrogen-bond donors (Lipinski definition) is 1. The Kier molecular flexibility index (Phi) is 3.09. The van der Waals surface area contributed by atoms with Crippen LogP contribution >= 0.6 is 0 Å². The van der Waals surface area contributed by atoms with Gasteiger partial charge >= 0.3 is 0 Å². The van der Waals surface area contributed by atoms with Crippen molar-refractivity contribution in [1.82, 2.24) is 0 Å². The molecule has 0 amide bonds. The molecule has 3 rings (SSSR count). The zero-order chi connectivity index (χ0) is 13.5. The molecule has 2 aliphatic rings. The molecule has 0 saturated heterocycles. The van der Waals surface area contributed by atoms with Crippen molar-refractivity contribution >= 4 is 0 Å². The second kappa shape index (κ2) is 4.52. The van der Waals surface area contributed by atoms with E-state index in [0.29, 0.717) is 5.41 Å². The number of benzene rings is 1. The van der Waals surface area contributed by atoms with Crippen molar-refractivity contribution < 1.29 is 4.74 Å². The lowest BCUT2D eigenvalue weighted by molar-refractivity contribution is 0.324. The summed E-state index contributed by atoms with van der Waals surface area (Å²) in [6.45, 7) is 5.52. The molecule has 2 heteroatoms. The van der Waals surface area contributed by atoms with E-state index < -0.39 is 0 Å². The van der Waals surface area contributed by atoms with Gasteiger partial charge in [0, 0.05) is 12.0 Å². The van der Waals surface area contributed by atoms with Crippen molar-refractivity contribution in [3.63, 3.8) is 0 Å². The molecule has 1 atom stereocenters. The average Bonchev–Trinajstić information content (AvgIpc) is 2.91. The second-order valence-corrected chi connectivity index (χ2v) is 7.24. The predicted octanol–water partition coefficient (Wildman–Crippen LogP) is 3.46. The molecule has 1 aromatic rings. The van der Waals surface area contributed by atoms with Gasteiger partial charge in [0.05, 0.1) is 6.61 Å². The SMILES string of the molecule is CC1(C)CCC(N)(CCc2ccc3c(c2)CCO3)C1. The highest BCUT2D eigenvalue weighted by Gasteiger charge is 2.39. The van der Waals surface area contributed by atoms with Crippen LogP contribution in [0, 0.1) is 5.41 Å². The number of ether oxygens (including phenoxy) is 1. The Hall–Kier alpha value is -1.02. The van der Waals surface area contributed by atoms with Crippen molar-refractivity contribution in [2.45, 2.75) is 57.9 Å². The van der Waals surface area contributed by atoms with Crippen LogP contribution in [0.25, 0.3) is 0 Å². The van der Waals surface area contributed by atoms with Crippen molar-refractivity contribution in [1.29, 1.82) is 0 Å². The lowest BCUT2D eigenvalue weighted by Crippen LogP contribution is -2.38. The molecule has 1 fully saturated rings. The molecule has 2 N–H and O–H groups in total. The summed E-state index contributed by atoms with van der Waals surface area (Å²) in [6, 6.07) is 6.64. The van der Waals surface area contributed by atoms with Gasteiger partial charge in [-0.3, -0.25) is 0 Å². The van der Waals surface area contributed by atoms with Crippen molar-refractivity contribution in [3.8, 4) is 5.75 Å². The summed E-state index contributed by atoms with van der Waals surface area (Å²) >= 11 is 0. The van der Waals surface area contributed by atoms with Gasteiger partial charge in [-0.1, -0.05) is 26.0 Å². The standard InChI is InChI=1S/C17H25NO/c1-16(2)8-9-17(18,12-16)7-5-13-3-4-15-14(11-13)6-10-19-15/h3-4,11H,5-10,12,18H2,1-2H3. The monoisotopic (exact) mass is 259 g/mol. The van der Waals surface area contributed by atoms with Crippen LogP contribution in [0.4, 0.5) is 0 Å². The molecular formula is C17H25NO. The number of nitrogens with two attached hydrogens (primary N) is 1. The highest BCUT2D eigenvalue weighted by atomic mass is 16.5. The van der Waals surface area contributed by atoms with Crippen LogP contribution in [0.15, 0.2) is 18.2 Å². The minimum Gasteiger partial charge on any atom is -0.493 e. The van der Waals surface area contributed by atoms with E-state index in [1.807, 2.05) is 0 Å². The molecule has 19 heavy (non-hydrogen) atoms. The fourth-order valence-corrected chi connectivity index (χ4v) is 3.72. The topological polar surface area (TPSA) is 35.2 Å². The maximum Gasteiger partial charge on any atom is 0.122 e. The van der Waals surface area contributed by atoms with E-state index in [1.54, 1.807) is 0 Å².